The molecule has 0 aliphatic rings. The summed E-state index contributed by atoms with van der Waals surface area (Å²) in [5, 5.41) is 7.80. The van der Waals surface area contributed by atoms with Crippen molar-refractivity contribution in [3.05, 3.63) is 71.1 Å². The van der Waals surface area contributed by atoms with Crippen LogP contribution in [0, 0.1) is 13.8 Å². The third kappa shape index (κ3) is 4.88. The van der Waals surface area contributed by atoms with Gasteiger partial charge in [-0.3, -0.25) is 9.59 Å². The Labute approximate surface area is 157 Å². The number of ketones is 1. The van der Waals surface area contributed by atoms with Crippen LogP contribution in [0.5, 0.6) is 0 Å². The number of carbonyl (C=O) groups excluding carboxylic acids is 2. The summed E-state index contributed by atoms with van der Waals surface area (Å²) in [6, 6.07) is 14.8. The molecule has 138 valence electrons. The lowest BCUT2D eigenvalue weighted by Crippen LogP contribution is -2.08. The smallest absolute Gasteiger partial charge is 0.306 e. The number of hydrogen-bond donors (Lipinski definition) is 0. The van der Waals surface area contributed by atoms with Crippen molar-refractivity contribution in [2.75, 3.05) is 0 Å². The van der Waals surface area contributed by atoms with Crippen molar-refractivity contribution >= 4 is 11.8 Å². The van der Waals surface area contributed by atoms with Gasteiger partial charge in [0.05, 0.1) is 6.42 Å². The Morgan fingerprint density at radius 3 is 2.48 bits per heavy atom. The van der Waals surface area contributed by atoms with E-state index >= 15 is 0 Å². The Kier molecular flexibility index (Phi) is 5.76. The quantitative estimate of drug-likeness (QED) is 0.464. The fraction of sp³-hybridized carbons (Fsp3) is 0.238. The maximum absolute atomic E-state index is 12.2. The van der Waals surface area contributed by atoms with Crippen molar-refractivity contribution in [2.24, 2.45) is 0 Å². The number of aromatic nitrogens is 2. The van der Waals surface area contributed by atoms with Crippen LogP contribution in [0.3, 0.4) is 0 Å². The Bertz CT molecular complexity index is 948. The van der Waals surface area contributed by atoms with E-state index in [-0.39, 0.29) is 31.1 Å². The molecule has 0 saturated carbocycles. The summed E-state index contributed by atoms with van der Waals surface area (Å²) >= 11 is 0. The molecule has 0 saturated heterocycles. The van der Waals surface area contributed by atoms with Gasteiger partial charge < -0.3 is 9.15 Å². The average Bonchev–Trinajstić information content (AvgIpc) is 3.16. The zero-order chi connectivity index (χ0) is 19.2. The van der Waals surface area contributed by atoms with Crippen molar-refractivity contribution in [3.63, 3.8) is 0 Å². The zero-order valence-electron chi connectivity index (χ0n) is 15.3. The fourth-order valence-electron chi connectivity index (χ4n) is 2.50. The van der Waals surface area contributed by atoms with Crippen LogP contribution in [0.2, 0.25) is 0 Å². The summed E-state index contributed by atoms with van der Waals surface area (Å²) in [6.07, 6.45) is 0.103. The molecule has 0 unspecified atom stereocenters. The predicted molar refractivity (Wildman–Crippen MR) is 99.0 cm³/mol. The van der Waals surface area contributed by atoms with Gasteiger partial charge in [-0.25, -0.2) is 0 Å². The Hall–Kier alpha value is -3.28. The highest BCUT2D eigenvalue weighted by Gasteiger charge is 2.13. The van der Waals surface area contributed by atoms with E-state index in [9.17, 15) is 9.59 Å². The maximum atomic E-state index is 12.2. The van der Waals surface area contributed by atoms with E-state index in [2.05, 4.69) is 10.2 Å². The van der Waals surface area contributed by atoms with Gasteiger partial charge in [0.1, 0.15) is 0 Å². The number of aryl methyl sites for hydroxylation is 2. The molecule has 6 heteroatoms. The van der Waals surface area contributed by atoms with Crippen LogP contribution < -0.4 is 0 Å². The van der Waals surface area contributed by atoms with Crippen molar-refractivity contribution in [2.45, 2.75) is 33.3 Å². The van der Waals surface area contributed by atoms with E-state index in [0.29, 0.717) is 11.5 Å². The van der Waals surface area contributed by atoms with Gasteiger partial charge in [-0.15, -0.1) is 10.2 Å². The highest BCUT2D eigenvalue weighted by atomic mass is 16.5. The first-order valence-electron chi connectivity index (χ1n) is 8.67. The Morgan fingerprint density at radius 1 is 0.963 bits per heavy atom. The van der Waals surface area contributed by atoms with Crippen LogP contribution in [0.1, 0.15) is 40.2 Å². The van der Waals surface area contributed by atoms with Gasteiger partial charge in [0.2, 0.25) is 5.89 Å². The van der Waals surface area contributed by atoms with Crippen LogP contribution >= 0.6 is 0 Å². The van der Waals surface area contributed by atoms with Crippen molar-refractivity contribution in [1.29, 1.82) is 0 Å². The van der Waals surface area contributed by atoms with Gasteiger partial charge in [0.25, 0.3) is 5.89 Å². The molecule has 0 fully saturated rings. The number of hydrogen-bond acceptors (Lipinski definition) is 6. The van der Waals surface area contributed by atoms with Crippen molar-refractivity contribution in [3.8, 4) is 11.5 Å². The molecule has 0 atom stereocenters. The summed E-state index contributed by atoms with van der Waals surface area (Å²) in [5.41, 5.74) is 3.58. The molecule has 6 nitrogen and oxygen atoms in total. The van der Waals surface area contributed by atoms with E-state index in [1.165, 1.54) is 0 Å². The Balaban J connectivity index is 1.48. The SMILES string of the molecule is Cc1ccc(C(=O)CCC(=O)OCc2nnc(-c3ccccc3)o2)cc1C. The summed E-state index contributed by atoms with van der Waals surface area (Å²) in [5.74, 6) is 0.0140. The highest BCUT2D eigenvalue weighted by molar-refractivity contribution is 5.97. The normalized spacial score (nSPS) is 10.6. The largest absolute Gasteiger partial charge is 0.456 e. The molecule has 1 aromatic heterocycles. The predicted octanol–water partition coefficient (Wildman–Crippen LogP) is 4.06. The lowest BCUT2D eigenvalue weighted by atomic mass is 10.0. The standard InChI is InChI=1S/C21H20N2O4/c1-14-8-9-17(12-15(14)2)18(24)10-11-20(25)26-13-19-22-23-21(27-19)16-6-4-3-5-7-16/h3-9,12H,10-11,13H2,1-2H3. The number of nitrogens with zero attached hydrogens (tertiary/aromatic N) is 2. The number of benzene rings is 2. The maximum Gasteiger partial charge on any atom is 0.306 e. The molecule has 27 heavy (non-hydrogen) atoms. The van der Waals surface area contributed by atoms with E-state index in [1.54, 1.807) is 6.07 Å². The minimum atomic E-state index is -0.480. The van der Waals surface area contributed by atoms with Gasteiger partial charge >= 0.3 is 5.97 Å². The topological polar surface area (TPSA) is 82.3 Å². The molecular formula is C21H20N2O4. The second-order valence-corrected chi connectivity index (χ2v) is 6.25. The molecule has 0 spiro atoms. The first-order valence-corrected chi connectivity index (χ1v) is 8.67. The van der Waals surface area contributed by atoms with Crippen LogP contribution in [0.25, 0.3) is 11.5 Å². The lowest BCUT2D eigenvalue weighted by molar-refractivity contribution is -0.145. The second-order valence-electron chi connectivity index (χ2n) is 6.25. The summed E-state index contributed by atoms with van der Waals surface area (Å²) in [7, 11) is 0. The molecule has 3 rings (SSSR count). The molecule has 0 aliphatic heterocycles. The van der Waals surface area contributed by atoms with Gasteiger partial charge in [0.15, 0.2) is 12.4 Å². The molecular weight excluding hydrogens is 344 g/mol. The van der Waals surface area contributed by atoms with Gasteiger partial charge in [-0.2, -0.15) is 0 Å². The summed E-state index contributed by atoms with van der Waals surface area (Å²) < 4.78 is 10.6. The van der Waals surface area contributed by atoms with E-state index in [4.69, 9.17) is 9.15 Å². The third-order valence-electron chi connectivity index (χ3n) is 4.23. The molecule has 1 heterocycles. The average molecular weight is 364 g/mol. The number of esters is 1. The minimum Gasteiger partial charge on any atom is -0.456 e. The van der Waals surface area contributed by atoms with Gasteiger partial charge in [0, 0.05) is 17.5 Å². The van der Waals surface area contributed by atoms with E-state index in [0.717, 1.165) is 16.7 Å². The van der Waals surface area contributed by atoms with Crippen LogP contribution in [-0.2, 0) is 16.1 Å². The number of ether oxygens (including phenoxy) is 1. The van der Waals surface area contributed by atoms with Gasteiger partial charge in [-0.05, 0) is 43.2 Å². The van der Waals surface area contributed by atoms with E-state index < -0.39 is 5.97 Å². The zero-order valence-corrected chi connectivity index (χ0v) is 15.3. The van der Waals surface area contributed by atoms with Crippen LogP contribution in [0.4, 0.5) is 0 Å². The highest BCUT2D eigenvalue weighted by Crippen LogP contribution is 2.17. The summed E-state index contributed by atoms with van der Waals surface area (Å²) in [6.45, 7) is 3.83. The molecule has 2 aromatic carbocycles. The van der Waals surface area contributed by atoms with Crippen LogP contribution in [-0.4, -0.2) is 21.9 Å². The number of Topliss-reactive ketones (excluding diaryl/α,β-unsaturated/α-hetero) is 1. The van der Waals surface area contributed by atoms with Gasteiger partial charge in [-0.1, -0.05) is 30.3 Å². The van der Waals surface area contributed by atoms with E-state index in [1.807, 2.05) is 56.3 Å². The number of rotatable bonds is 7. The fourth-order valence-corrected chi connectivity index (χ4v) is 2.50. The molecule has 0 aliphatic carbocycles. The minimum absolute atomic E-state index is 0.00539. The lowest BCUT2D eigenvalue weighted by Gasteiger charge is -2.05. The van der Waals surface area contributed by atoms with Crippen molar-refractivity contribution < 1.29 is 18.7 Å². The molecule has 3 aromatic rings. The molecule has 0 radical (unpaired) electrons. The molecule has 0 amide bonds. The monoisotopic (exact) mass is 364 g/mol. The third-order valence-corrected chi connectivity index (χ3v) is 4.23. The number of carbonyl (C=O) groups is 2. The van der Waals surface area contributed by atoms with Crippen molar-refractivity contribution in [1.82, 2.24) is 10.2 Å². The second kappa shape index (κ2) is 8.40. The first-order chi connectivity index (χ1) is 13.0. The first kappa shape index (κ1) is 18.5. The van der Waals surface area contributed by atoms with Crippen LogP contribution in [0.15, 0.2) is 52.9 Å². The molecule has 0 bridgehead atoms. The Morgan fingerprint density at radius 2 is 1.74 bits per heavy atom. The summed E-state index contributed by atoms with van der Waals surface area (Å²) in [4.78, 5) is 24.1. The molecule has 0 N–H and O–H groups in total.